The van der Waals surface area contributed by atoms with Crippen LogP contribution in [0.2, 0.25) is 5.02 Å². The monoisotopic (exact) mass is 287 g/mol. The van der Waals surface area contributed by atoms with E-state index >= 15 is 0 Å². The number of aryl methyl sites for hydroxylation is 1. The molecule has 0 spiro atoms. The van der Waals surface area contributed by atoms with Gasteiger partial charge in [-0.15, -0.1) is 0 Å². The molecular formula is C17H18ClNO. The number of benzene rings is 2. The minimum absolute atomic E-state index is 0.0702. The summed E-state index contributed by atoms with van der Waals surface area (Å²) in [5.74, 6) is 0.0702. The van der Waals surface area contributed by atoms with Crippen LogP contribution in [0.1, 0.15) is 17.5 Å². The van der Waals surface area contributed by atoms with Gasteiger partial charge in [-0.05, 0) is 30.0 Å². The van der Waals surface area contributed by atoms with Crippen LogP contribution in [-0.4, -0.2) is 12.5 Å². The summed E-state index contributed by atoms with van der Waals surface area (Å²) in [4.78, 5) is 11.8. The Morgan fingerprint density at radius 2 is 1.65 bits per heavy atom. The van der Waals surface area contributed by atoms with Crippen molar-refractivity contribution in [3.8, 4) is 0 Å². The molecule has 20 heavy (non-hydrogen) atoms. The van der Waals surface area contributed by atoms with E-state index in [2.05, 4.69) is 17.4 Å². The van der Waals surface area contributed by atoms with Crippen LogP contribution in [0.15, 0.2) is 54.6 Å². The average molecular weight is 288 g/mol. The molecule has 0 radical (unpaired) electrons. The third-order valence-electron chi connectivity index (χ3n) is 3.16. The van der Waals surface area contributed by atoms with Crippen molar-refractivity contribution in [2.45, 2.75) is 19.3 Å². The third-order valence-corrected chi connectivity index (χ3v) is 3.53. The number of rotatable bonds is 6. The highest BCUT2D eigenvalue weighted by Crippen LogP contribution is 2.16. The minimum Gasteiger partial charge on any atom is -0.356 e. The molecule has 0 saturated heterocycles. The molecule has 0 fully saturated rings. The van der Waals surface area contributed by atoms with E-state index in [-0.39, 0.29) is 5.91 Å². The van der Waals surface area contributed by atoms with Gasteiger partial charge in [0.15, 0.2) is 0 Å². The zero-order valence-corrected chi connectivity index (χ0v) is 12.1. The minimum atomic E-state index is 0.0702. The van der Waals surface area contributed by atoms with E-state index in [0.29, 0.717) is 19.4 Å². The highest BCUT2D eigenvalue weighted by molar-refractivity contribution is 6.31. The van der Waals surface area contributed by atoms with Gasteiger partial charge in [-0.3, -0.25) is 4.79 Å². The lowest BCUT2D eigenvalue weighted by Gasteiger charge is -2.06. The van der Waals surface area contributed by atoms with Crippen molar-refractivity contribution < 1.29 is 4.79 Å². The molecule has 1 amide bonds. The summed E-state index contributed by atoms with van der Waals surface area (Å²) in [5, 5.41) is 3.67. The first kappa shape index (κ1) is 14.6. The van der Waals surface area contributed by atoms with Gasteiger partial charge in [-0.2, -0.15) is 0 Å². The van der Waals surface area contributed by atoms with Crippen LogP contribution in [0, 0.1) is 0 Å². The fraction of sp³-hybridized carbons (Fsp3) is 0.235. The second-order valence-corrected chi connectivity index (χ2v) is 5.08. The zero-order chi connectivity index (χ0) is 14.2. The Kier molecular flexibility index (Phi) is 5.63. The number of halogens is 1. The molecule has 1 N–H and O–H groups in total. The van der Waals surface area contributed by atoms with E-state index in [0.717, 1.165) is 17.0 Å². The number of carbonyl (C=O) groups is 1. The van der Waals surface area contributed by atoms with Gasteiger partial charge in [0.05, 0.1) is 0 Å². The molecule has 0 atom stereocenters. The van der Waals surface area contributed by atoms with Gasteiger partial charge < -0.3 is 5.32 Å². The number of carbonyl (C=O) groups excluding carboxylic acids is 1. The fourth-order valence-electron chi connectivity index (χ4n) is 2.03. The van der Waals surface area contributed by atoms with Crippen LogP contribution in [0.5, 0.6) is 0 Å². The van der Waals surface area contributed by atoms with Gasteiger partial charge in [0.1, 0.15) is 0 Å². The lowest BCUT2D eigenvalue weighted by Crippen LogP contribution is -2.25. The predicted molar refractivity (Wildman–Crippen MR) is 82.9 cm³/mol. The highest BCUT2D eigenvalue weighted by atomic mass is 35.5. The Balaban J connectivity index is 1.70. The first-order chi connectivity index (χ1) is 9.75. The Morgan fingerprint density at radius 1 is 0.950 bits per heavy atom. The molecule has 2 aromatic rings. The molecule has 0 aliphatic rings. The van der Waals surface area contributed by atoms with Crippen LogP contribution in [-0.2, 0) is 17.6 Å². The van der Waals surface area contributed by atoms with Gasteiger partial charge in [-0.1, -0.05) is 60.1 Å². The topological polar surface area (TPSA) is 29.1 Å². The number of hydrogen-bond acceptors (Lipinski definition) is 1. The van der Waals surface area contributed by atoms with E-state index in [1.807, 2.05) is 42.5 Å². The van der Waals surface area contributed by atoms with Gasteiger partial charge in [0.2, 0.25) is 5.91 Å². The maximum Gasteiger partial charge on any atom is 0.220 e. The quantitative estimate of drug-likeness (QED) is 0.864. The Bertz CT molecular complexity index is 554. The summed E-state index contributed by atoms with van der Waals surface area (Å²) in [5.41, 5.74) is 2.26. The van der Waals surface area contributed by atoms with E-state index in [9.17, 15) is 4.79 Å². The molecule has 104 valence electrons. The molecule has 0 bridgehead atoms. The SMILES string of the molecule is O=C(CCc1ccccc1Cl)NCCc1ccccc1. The Hall–Kier alpha value is -1.80. The molecule has 2 aromatic carbocycles. The molecule has 0 saturated carbocycles. The summed E-state index contributed by atoms with van der Waals surface area (Å²) in [6, 6.07) is 17.8. The molecular weight excluding hydrogens is 270 g/mol. The van der Waals surface area contributed by atoms with Crippen molar-refractivity contribution in [1.29, 1.82) is 0 Å². The first-order valence-corrected chi connectivity index (χ1v) is 7.17. The molecule has 3 heteroatoms. The van der Waals surface area contributed by atoms with Crippen molar-refractivity contribution in [3.63, 3.8) is 0 Å². The molecule has 2 rings (SSSR count). The molecule has 2 nitrogen and oxygen atoms in total. The largest absolute Gasteiger partial charge is 0.356 e. The zero-order valence-electron chi connectivity index (χ0n) is 11.3. The van der Waals surface area contributed by atoms with Gasteiger partial charge in [-0.25, -0.2) is 0 Å². The molecule has 0 heterocycles. The average Bonchev–Trinajstić information content (AvgIpc) is 2.47. The summed E-state index contributed by atoms with van der Waals surface area (Å²) >= 11 is 6.06. The van der Waals surface area contributed by atoms with E-state index in [1.165, 1.54) is 5.56 Å². The lowest BCUT2D eigenvalue weighted by molar-refractivity contribution is -0.121. The summed E-state index contributed by atoms with van der Waals surface area (Å²) < 4.78 is 0. The van der Waals surface area contributed by atoms with Crippen LogP contribution < -0.4 is 5.32 Å². The summed E-state index contributed by atoms with van der Waals surface area (Å²) in [7, 11) is 0. The number of hydrogen-bond donors (Lipinski definition) is 1. The number of amides is 1. The fourth-order valence-corrected chi connectivity index (χ4v) is 2.26. The standard InChI is InChI=1S/C17H18ClNO/c18-16-9-5-4-8-15(16)10-11-17(20)19-13-12-14-6-2-1-3-7-14/h1-9H,10-13H2,(H,19,20). The van der Waals surface area contributed by atoms with E-state index in [4.69, 9.17) is 11.6 Å². The second kappa shape index (κ2) is 7.71. The lowest BCUT2D eigenvalue weighted by atomic mass is 10.1. The summed E-state index contributed by atoms with van der Waals surface area (Å²) in [6.07, 6.45) is 2.01. The summed E-state index contributed by atoms with van der Waals surface area (Å²) in [6.45, 7) is 0.672. The van der Waals surface area contributed by atoms with Crippen molar-refractivity contribution >= 4 is 17.5 Å². The number of nitrogens with one attached hydrogen (secondary N) is 1. The van der Waals surface area contributed by atoms with Crippen LogP contribution in [0.4, 0.5) is 0 Å². The van der Waals surface area contributed by atoms with E-state index in [1.54, 1.807) is 0 Å². The highest BCUT2D eigenvalue weighted by Gasteiger charge is 2.04. The molecule has 0 aliphatic heterocycles. The molecule has 0 aromatic heterocycles. The molecule has 0 aliphatic carbocycles. The Morgan fingerprint density at radius 3 is 2.40 bits per heavy atom. The second-order valence-electron chi connectivity index (χ2n) is 4.68. The smallest absolute Gasteiger partial charge is 0.220 e. The van der Waals surface area contributed by atoms with Crippen LogP contribution in [0.25, 0.3) is 0 Å². The molecule has 0 unspecified atom stereocenters. The van der Waals surface area contributed by atoms with Crippen molar-refractivity contribution in [2.24, 2.45) is 0 Å². The van der Waals surface area contributed by atoms with E-state index < -0.39 is 0 Å². The van der Waals surface area contributed by atoms with Crippen molar-refractivity contribution in [3.05, 3.63) is 70.7 Å². The maximum absolute atomic E-state index is 11.8. The van der Waals surface area contributed by atoms with Crippen LogP contribution >= 0.6 is 11.6 Å². The van der Waals surface area contributed by atoms with Gasteiger partial charge >= 0.3 is 0 Å². The van der Waals surface area contributed by atoms with Crippen molar-refractivity contribution in [2.75, 3.05) is 6.54 Å². The van der Waals surface area contributed by atoms with Crippen LogP contribution in [0.3, 0.4) is 0 Å². The van der Waals surface area contributed by atoms with Crippen molar-refractivity contribution in [1.82, 2.24) is 5.32 Å². The van der Waals surface area contributed by atoms with Gasteiger partial charge in [0, 0.05) is 18.0 Å². The Labute approximate surface area is 124 Å². The predicted octanol–water partition coefficient (Wildman–Crippen LogP) is 3.63. The maximum atomic E-state index is 11.8. The third kappa shape index (κ3) is 4.71. The van der Waals surface area contributed by atoms with Gasteiger partial charge in [0.25, 0.3) is 0 Å². The normalized spacial score (nSPS) is 10.2. The first-order valence-electron chi connectivity index (χ1n) is 6.80.